The fraction of sp³-hybridized carbons (Fsp3) is 0.364. The van der Waals surface area contributed by atoms with Gasteiger partial charge >= 0.3 is 0 Å². The summed E-state index contributed by atoms with van der Waals surface area (Å²) in [6, 6.07) is 14.7. The number of carbonyl (C=O) groups is 2. The molecule has 2 aromatic rings. The van der Waals surface area contributed by atoms with Gasteiger partial charge in [-0.1, -0.05) is 42.0 Å². The lowest BCUT2D eigenvalue weighted by atomic mass is 9.99. The van der Waals surface area contributed by atoms with Crippen molar-refractivity contribution >= 4 is 17.4 Å². The van der Waals surface area contributed by atoms with Crippen LogP contribution in [0.4, 0.5) is 5.69 Å². The third-order valence-electron chi connectivity index (χ3n) is 5.21. The molecule has 1 fully saturated rings. The van der Waals surface area contributed by atoms with Gasteiger partial charge in [-0.15, -0.1) is 0 Å². The van der Waals surface area contributed by atoms with Crippen LogP contribution in [0.3, 0.4) is 0 Å². The Kier molecular flexibility index (Phi) is 5.84. The zero-order valence-corrected chi connectivity index (χ0v) is 15.5. The SMILES string of the molecule is Cc1ccc(NC(=O)[C@H](C)[NH+]2CCCCC2)c(C(=O)c2ccccc2)c1. The summed E-state index contributed by atoms with van der Waals surface area (Å²) in [5.41, 5.74) is 2.77. The highest BCUT2D eigenvalue weighted by Crippen LogP contribution is 2.21. The van der Waals surface area contributed by atoms with E-state index in [9.17, 15) is 9.59 Å². The molecule has 1 amide bonds. The molecule has 4 heteroatoms. The number of amides is 1. The Hall–Kier alpha value is -2.46. The maximum absolute atomic E-state index is 12.9. The highest BCUT2D eigenvalue weighted by atomic mass is 16.2. The number of likely N-dealkylation sites (tertiary alicyclic amines) is 1. The van der Waals surface area contributed by atoms with Crippen molar-refractivity contribution in [1.82, 2.24) is 0 Å². The third-order valence-corrected chi connectivity index (χ3v) is 5.21. The summed E-state index contributed by atoms with van der Waals surface area (Å²) in [6.45, 7) is 6.01. The van der Waals surface area contributed by atoms with Crippen molar-refractivity contribution in [3.05, 3.63) is 65.2 Å². The lowest BCUT2D eigenvalue weighted by molar-refractivity contribution is -0.918. The summed E-state index contributed by atoms with van der Waals surface area (Å²) in [5.74, 6) is -0.0876. The van der Waals surface area contributed by atoms with Gasteiger partial charge in [0.15, 0.2) is 11.8 Å². The number of anilines is 1. The Morgan fingerprint density at radius 3 is 2.38 bits per heavy atom. The van der Waals surface area contributed by atoms with E-state index in [0.29, 0.717) is 16.8 Å². The van der Waals surface area contributed by atoms with Gasteiger partial charge in [0.1, 0.15) is 0 Å². The first kappa shape index (κ1) is 18.3. The Balaban J connectivity index is 1.81. The molecule has 1 aliphatic heterocycles. The number of hydrogen-bond acceptors (Lipinski definition) is 2. The monoisotopic (exact) mass is 351 g/mol. The molecule has 0 bridgehead atoms. The van der Waals surface area contributed by atoms with E-state index in [2.05, 4.69) is 5.32 Å². The maximum atomic E-state index is 12.9. The molecule has 1 atom stereocenters. The summed E-state index contributed by atoms with van der Waals surface area (Å²) >= 11 is 0. The first-order chi connectivity index (χ1) is 12.6. The van der Waals surface area contributed by atoms with Crippen LogP contribution in [-0.4, -0.2) is 30.8 Å². The number of aryl methyl sites for hydroxylation is 1. The van der Waals surface area contributed by atoms with Gasteiger partial charge in [0.05, 0.1) is 18.8 Å². The highest BCUT2D eigenvalue weighted by Gasteiger charge is 2.27. The molecule has 1 heterocycles. The van der Waals surface area contributed by atoms with Crippen LogP contribution in [0, 0.1) is 6.92 Å². The van der Waals surface area contributed by atoms with E-state index in [-0.39, 0.29) is 17.7 Å². The van der Waals surface area contributed by atoms with Gasteiger partial charge in [0.2, 0.25) is 0 Å². The third kappa shape index (κ3) is 4.20. The van der Waals surface area contributed by atoms with Gasteiger partial charge in [-0.3, -0.25) is 9.59 Å². The van der Waals surface area contributed by atoms with E-state index in [1.165, 1.54) is 24.2 Å². The molecule has 0 radical (unpaired) electrons. The molecule has 0 aliphatic carbocycles. The molecular formula is C22H27N2O2+. The number of benzene rings is 2. The van der Waals surface area contributed by atoms with Gasteiger partial charge in [-0.05, 0) is 45.2 Å². The molecule has 0 saturated carbocycles. The number of ketones is 1. The topological polar surface area (TPSA) is 50.6 Å². The minimum Gasteiger partial charge on any atom is -0.325 e. The molecule has 0 aromatic heterocycles. The van der Waals surface area contributed by atoms with Crippen molar-refractivity contribution in [2.45, 2.75) is 39.2 Å². The average Bonchev–Trinajstić information content (AvgIpc) is 2.69. The van der Waals surface area contributed by atoms with E-state index in [1.54, 1.807) is 12.1 Å². The summed E-state index contributed by atoms with van der Waals surface area (Å²) < 4.78 is 0. The molecule has 0 unspecified atom stereocenters. The molecular weight excluding hydrogens is 324 g/mol. The van der Waals surface area contributed by atoms with E-state index < -0.39 is 0 Å². The summed E-state index contributed by atoms with van der Waals surface area (Å²) in [5, 5.41) is 3.00. The Labute approximate surface area is 155 Å². The highest BCUT2D eigenvalue weighted by molar-refractivity contribution is 6.14. The fourth-order valence-electron chi connectivity index (χ4n) is 3.57. The Bertz CT molecular complexity index is 780. The van der Waals surface area contributed by atoms with Crippen molar-refractivity contribution in [1.29, 1.82) is 0 Å². The van der Waals surface area contributed by atoms with Crippen molar-refractivity contribution < 1.29 is 14.5 Å². The van der Waals surface area contributed by atoms with Crippen LogP contribution < -0.4 is 10.2 Å². The smallest absolute Gasteiger partial charge is 0.282 e. The molecule has 2 aromatic carbocycles. The average molecular weight is 351 g/mol. The van der Waals surface area contributed by atoms with Gasteiger partial charge in [0, 0.05) is 11.1 Å². The number of piperidine rings is 1. The predicted molar refractivity (Wildman–Crippen MR) is 104 cm³/mol. The second-order valence-electron chi connectivity index (χ2n) is 7.17. The number of carbonyl (C=O) groups excluding carboxylic acids is 2. The zero-order valence-electron chi connectivity index (χ0n) is 15.5. The normalized spacial score (nSPS) is 16.1. The molecule has 0 spiro atoms. The molecule has 2 N–H and O–H groups in total. The van der Waals surface area contributed by atoms with Gasteiger partial charge in [0.25, 0.3) is 5.91 Å². The van der Waals surface area contributed by atoms with Crippen molar-refractivity contribution in [3.63, 3.8) is 0 Å². The predicted octanol–water partition coefficient (Wildman–Crippen LogP) is 2.62. The van der Waals surface area contributed by atoms with Gasteiger partial charge in [-0.25, -0.2) is 0 Å². The second kappa shape index (κ2) is 8.28. The van der Waals surface area contributed by atoms with Crippen LogP contribution in [0.25, 0.3) is 0 Å². The lowest BCUT2D eigenvalue weighted by Gasteiger charge is -2.28. The van der Waals surface area contributed by atoms with E-state index in [0.717, 1.165) is 18.7 Å². The van der Waals surface area contributed by atoms with Gasteiger partial charge in [-0.2, -0.15) is 0 Å². The minimum atomic E-state index is -0.115. The quantitative estimate of drug-likeness (QED) is 0.814. The second-order valence-corrected chi connectivity index (χ2v) is 7.17. The molecule has 136 valence electrons. The number of nitrogens with one attached hydrogen (secondary N) is 2. The van der Waals surface area contributed by atoms with Crippen LogP contribution in [-0.2, 0) is 4.79 Å². The van der Waals surface area contributed by atoms with E-state index >= 15 is 0 Å². The van der Waals surface area contributed by atoms with Crippen LogP contribution in [0.15, 0.2) is 48.5 Å². The zero-order chi connectivity index (χ0) is 18.5. The lowest BCUT2D eigenvalue weighted by Crippen LogP contribution is -3.17. The van der Waals surface area contributed by atoms with Crippen molar-refractivity contribution in [2.24, 2.45) is 0 Å². The molecule has 1 saturated heterocycles. The van der Waals surface area contributed by atoms with Crippen LogP contribution in [0.2, 0.25) is 0 Å². The summed E-state index contributed by atoms with van der Waals surface area (Å²) in [6.07, 6.45) is 3.61. The summed E-state index contributed by atoms with van der Waals surface area (Å²) in [7, 11) is 0. The number of quaternary nitrogens is 1. The first-order valence-electron chi connectivity index (χ1n) is 9.42. The van der Waals surface area contributed by atoms with Crippen LogP contribution in [0.5, 0.6) is 0 Å². The maximum Gasteiger partial charge on any atom is 0.282 e. The molecule has 3 rings (SSSR count). The molecule has 26 heavy (non-hydrogen) atoms. The standard InChI is InChI=1S/C22H26N2O2/c1-16-11-12-20(19(15-16)21(25)18-9-5-3-6-10-18)23-22(26)17(2)24-13-7-4-8-14-24/h3,5-6,9-12,15,17H,4,7-8,13-14H2,1-2H3,(H,23,26)/p+1/t17-/m0/s1. The Morgan fingerprint density at radius 1 is 1.00 bits per heavy atom. The Morgan fingerprint density at radius 2 is 1.69 bits per heavy atom. The molecule has 1 aliphatic rings. The van der Waals surface area contributed by atoms with Crippen molar-refractivity contribution in [2.75, 3.05) is 18.4 Å². The number of hydrogen-bond donors (Lipinski definition) is 2. The van der Waals surface area contributed by atoms with Gasteiger partial charge < -0.3 is 10.2 Å². The van der Waals surface area contributed by atoms with Crippen LogP contribution in [0.1, 0.15) is 47.7 Å². The number of rotatable bonds is 5. The largest absolute Gasteiger partial charge is 0.325 e. The molecule has 4 nitrogen and oxygen atoms in total. The van der Waals surface area contributed by atoms with E-state index in [4.69, 9.17) is 0 Å². The van der Waals surface area contributed by atoms with Crippen molar-refractivity contribution in [3.8, 4) is 0 Å². The summed E-state index contributed by atoms with van der Waals surface area (Å²) in [4.78, 5) is 27.0. The first-order valence-corrected chi connectivity index (χ1v) is 9.42. The van der Waals surface area contributed by atoms with Crippen LogP contribution >= 0.6 is 0 Å². The minimum absolute atomic E-state index is 0.0205. The van der Waals surface area contributed by atoms with E-state index in [1.807, 2.05) is 50.2 Å². The fourth-order valence-corrected chi connectivity index (χ4v) is 3.57.